The van der Waals surface area contributed by atoms with Crippen molar-refractivity contribution >= 4 is 55.0 Å². The van der Waals surface area contributed by atoms with Gasteiger partial charge in [-0.3, -0.25) is 10.2 Å². The van der Waals surface area contributed by atoms with Crippen molar-refractivity contribution < 1.29 is 4.79 Å². The second-order valence-electron chi connectivity index (χ2n) is 1.86. The van der Waals surface area contributed by atoms with Crippen molar-refractivity contribution in [3.8, 4) is 0 Å². The first-order chi connectivity index (χ1) is 5.04. The molecule has 0 aliphatic heterocycles. The van der Waals surface area contributed by atoms with Gasteiger partial charge in [-0.1, -0.05) is 11.6 Å². The maximum atomic E-state index is 11.0. The van der Waals surface area contributed by atoms with Gasteiger partial charge >= 0.3 is 0 Å². The number of nitrogens with one attached hydrogen (secondary N) is 1. The molecule has 0 aromatic carbocycles. The Morgan fingerprint density at radius 2 is 1.91 bits per heavy atom. The van der Waals surface area contributed by atoms with Crippen molar-refractivity contribution in [1.82, 2.24) is 0 Å². The van der Waals surface area contributed by atoms with E-state index in [0.717, 1.165) is 0 Å². The molecular weight excluding hydrogens is 297 g/mol. The molecule has 0 radical (unpaired) electrons. The summed E-state index contributed by atoms with van der Waals surface area (Å²) in [4.78, 5) is 11.0. The van der Waals surface area contributed by atoms with Gasteiger partial charge in [0, 0.05) is 0 Å². The quantitative estimate of drug-likeness (QED) is 0.687. The molecule has 0 bridgehead atoms. The number of ketones is 1. The van der Waals surface area contributed by atoms with E-state index >= 15 is 0 Å². The summed E-state index contributed by atoms with van der Waals surface area (Å²) in [6, 6.07) is 0. The smallest absolute Gasteiger partial charge is 0.218 e. The molecule has 5 heteroatoms. The summed E-state index contributed by atoms with van der Waals surface area (Å²) < 4.78 is 0.801. The molecule has 0 unspecified atom stereocenters. The Morgan fingerprint density at radius 1 is 1.36 bits per heavy atom. The zero-order chi connectivity index (χ0) is 8.59. The Morgan fingerprint density at radius 3 is 2.45 bits per heavy atom. The summed E-state index contributed by atoms with van der Waals surface area (Å²) in [5, 5.41) is 7.51. The van der Waals surface area contributed by atoms with Crippen LogP contribution in [0, 0.1) is 5.41 Å². The highest BCUT2D eigenvalue weighted by atomic mass is 79.9. The van der Waals surface area contributed by atoms with Crippen molar-refractivity contribution in [1.29, 1.82) is 5.41 Å². The van der Waals surface area contributed by atoms with Crippen LogP contribution >= 0.6 is 43.5 Å². The van der Waals surface area contributed by atoms with Gasteiger partial charge in [-0.2, -0.15) is 0 Å². The molecule has 0 amide bonds. The topological polar surface area (TPSA) is 40.9 Å². The minimum Gasteiger partial charge on any atom is -0.297 e. The second-order valence-corrected chi connectivity index (χ2v) is 3.86. The number of hydrogen-bond donors (Lipinski definition) is 1. The first kappa shape index (κ1) is 9.16. The molecular formula is C6H2Br2ClNO. The average molecular weight is 299 g/mol. The number of Topliss-reactive ketones (excluding diaryl/α,β-unsaturated/α-hetero) is 1. The third-order valence-corrected chi connectivity index (χ3v) is 3.76. The van der Waals surface area contributed by atoms with Gasteiger partial charge in [-0.25, -0.2) is 0 Å². The Hall–Kier alpha value is 0.0700. The molecule has 1 rings (SSSR count). The van der Waals surface area contributed by atoms with Gasteiger partial charge in [-0.05, 0) is 37.9 Å². The standard InChI is InChI=1S/C6H2Br2ClNO/c7-4-2(9)1-3(10)6(11)5(4)8/h1,10H. The van der Waals surface area contributed by atoms with Crippen LogP contribution in [-0.4, -0.2) is 11.5 Å². The summed E-state index contributed by atoms with van der Waals surface area (Å²) >= 11 is 11.8. The lowest BCUT2D eigenvalue weighted by molar-refractivity contribution is -0.109. The zero-order valence-corrected chi connectivity index (χ0v) is 9.05. The molecule has 11 heavy (non-hydrogen) atoms. The third-order valence-electron chi connectivity index (χ3n) is 1.12. The van der Waals surface area contributed by atoms with Gasteiger partial charge in [0.15, 0.2) is 0 Å². The highest BCUT2D eigenvalue weighted by Crippen LogP contribution is 2.32. The SMILES string of the molecule is N=C1C=C(Cl)C(Br)=C(Br)C1=O. The molecule has 58 valence electrons. The summed E-state index contributed by atoms with van der Waals surface area (Å²) in [5.74, 6) is -0.360. The van der Waals surface area contributed by atoms with Crippen LogP contribution in [0.3, 0.4) is 0 Å². The van der Waals surface area contributed by atoms with Crippen LogP contribution in [0.1, 0.15) is 0 Å². The fourth-order valence-electron chi connectivity index (χ4n) is 0.578. The van der Waals surface area contributed by atoms with Crippen molar-refractivity contribution in [3.05, 3.63) is 20.1 Å². The summed E-state index contributed by atoms with van der Waals surface area (Å²) in [7, 11) is 0. The first-order valence-corrected chi connectivity index (χ1v) is 4.56. The minimum atomic E-state index is -0.360. The van der Waals surface area contributed by atoms with Crippen LogP contribution in [-0.2, 0) is 4.79 Å². The Balaban J connectivity index is 3.22. The monoisotopic (exact) mass is 297 g/mol. The van der Waals surface area contributed by atoms with E-state index in [1.807, 2.05) is 0 Å². The molecule has 0 saturated heterocycles. The fourth-order valence-corrected chi connectivity index (χ4v) is 1.62. The number of halogens is 3. The maximum absolute atomic E-state index is 11.0. The van der Waals surface area contributed by atoms with Crippen molar-refractivity contribution in [2.45, 2.75) is 0 Å². The molecule has 0 saturated carbocycles. The highest BCUT2D eigenvalue weighted by molar-refractivity contribution is 9.14. The van der Waals surface area contributed by atoms with Gasteiger partial charge in [0.05, 0.1) is 14.0 Å². The molecule has 1 N–H and O–H groups in total. The lowest BCUT2D eigenvalue weighted by atomic mass is 10.1. The van der Waals surface area contributed by atoms with Crippen LogP contribution in [0.4, 0.5) is 0 Å². The predicted octanol–water partition coefficient (Wildman–Crippen LogP) is 2.71. The van der Waals surface area contributed by atoms with E-state index in [9.17, 15) is 4.79 Å². The van der Waals surface area contributed by atoms with E-state index in [0.29, 0.717) is 14.0 Å². The molecule has 0 fully saturated rings. The summed E-state index contributed by atoms with van der Waals surface area (Å²) in [6.07, 6.45) is 1.30. The molecule has 0 heterocycles. The first-order valence-electron chi connectivity index (χ1n) is 2.60. The molecule has 0 aromatic rings. The molecule has 0 atom stereocenters. The lowest BCUT2D eigenvalue weighted by Gasteiger charge is -2.07. The summed E-state index contributed by atoms with van der Waals surface area (Å²) in [6.45, 7) is 0. The third kappa shape index (κ3) is 1.63. The Bertz CT molecular complexity index is 306. The minimum absolute atomic E-state index is 0.106. The van der Waals surface area contributed by atoms with Gasteiger partial charge in [0.1, 0.15) is 5.71 Å². The number of rotatable bonds is 0. The Labute approximate surface area is 85.1 Å². The zero-order valence-electron chi connectivity index (χ0n) is 5.12. The van der Waals surface area contributed by atoms with Gasteiger partial charge in [0.2, 0.25) is 5.78 Å². The van der Waals surface area contributed by atoms with Crippen LogP contribution in [0.15, 0.2) is 20.1 Å². The van der Waals surface area contributed by atoms with Crippen LogP contribution < -0.4 is 0 Å². The predicted molar refractivity (Wildman–Crippen MR) is 51.5 cm³/mol. The average Bonchev–Trinajstić information content (AvgIpc) is 1.97. The van der Waals surface area contributed by atoms with E-state index in [4.69, 9.17) is 17.0 Å². The van der Waals surface area contributed by atoms with E-state index in [1.54, 1.807) is 0 Å². The maximum Gasteiger partial charge on any atom is 0.218 e. The molecule has 2 nitrogen and oxygen atoms in total. The highest BCUT2D eigenvalue weighted by Gasteiger charge is 2.21. The summed E-state index contributed by atoms with van der Waals surface area (Å²) in [5.41, 5.74) is -0.106. The largest absolute Gasteiger partial charge is 0.297 e. The van der Waals surface area contributed by atoms with Crippen LogP contribution in [0.5, 0.6) is 0 Å². The van der Waals surface area contributed by atoms with E-state index in [-0.39, 0.29) is 11.5 Å². The van der Waals surface area contributed by atoms with Gasteiger partial charge in [-0.15, -0.1) is 0 Å². The number of carbonyl (C=O) groups excluding carboxylic acids is 1. The van der Waals surface area contributed by atoms with E-state index < -0.39 is 0 Å². The van der Waals surface area contributed by atoms with E-state index in [1.165, 1.54) is 6.08 Å². The van der Waals surface area contributed by atoms with Gasteiger partial charge in [0.25, 0.3) is 0 Å². The van der Waals surface area contributed by atoms with Gasteiger partial charge < -0.3 is 0 Å². The number of hydrogen-bond acceptors (Lipinski definition) is 2. The Kier molecular flexibility index (Phi) is 2.67. The second kappa shape index (κ2) is 3.21. The number of allylic oxidation sites excluding steroid dienone is 4. The molecule has 0 aromatic heterocycles. The molecule has 1 aliphatic rings. The van der Waals surface area contributed by atoms with Crippen molar-refractivity contribution in [2.24, 2.45) is 0 Å². The fraction of sp³-hybridized carbons (Fsp3) is 0. The van der Waals surface area contributed by atoms with Crippen molar-refractivity contribution in [3.63, 3.8) is 0 Å². The van der Waals surface area contributed by atoms with Crippen molar-refractivity contribution in [2.75, 3.05) is 0 Å². The molecule has 0 spiro atoms. The lowest BCUT2D eigenvalue weighted by Crippen LogP contribution is -2.14. The number of carbonyl (C=O) groups is 1. The normalized spacial score (nSPS) is 19.0. The van der Waals surface area contributed by atoms with E-state index in [2.05, 4.69) is 31.9 Å². The molecule has 1 aliphatic carbocycles. The van der Waals surface area contributed by atoms with Crippen LogP contribution in [0.2, 0.25) is 0 Å². The van der Waals surface area contributed by atoms with Crippen LogP contribution in [0.25, 0.3) is 0 Å².